The first kappa shape index (κ1) is 13.0. The molecule has 1 aliphatic heterocycles. The molecule has 0 radical (unpaired) electrons. The molecule has 1 aromatic rings. The molecular weight excluding hydrogens is 254 g/mol. The molecule has 0 aliphatic carbocycles. The average molecular weight is 271 g/mol. The highest BCUT2D eigenvalue weighted by Gasteiger charge is 2.26. The molecule has 1 fully saturated rings. The van der Waals surface area contributed by atoms with Gasteiger partial charge >= 0.3 is 0 Å². The SMILES string of the molecule is COc1ccc(N2CCCCS2(=O)=O)cc1OC. The number of methoxy groups -OCH3 is 2. The van der Waals surface area contributed by atoms with Crippen molar-refractivity contribution in [2.24, 2.45) is 0 Å². The Balaban J connectivity index is 2.39. The Morgan fingerprint density at radius 1 is 1.11 bits per heavy atom. The van der Waals surface area contributed by atoms with E-state index in [1.807, 2.05) is 0 Å². The zero-order valence-electron chi connectivity index (χ0n) is 10.5. The number of sulfonamides is 1. The van der Waals surface area contributed by atoms with E-state index in [-0.39, 0.29) is 5.75 Å². The Labute approximate surface area is 107 Å². The summed E-state index contributed by atoms with van der Waals surface area (Å²) in [6, 6.07) is 5.16. The van der Waals surface area contributed by atoms with E-state index in [0.717, 1.165) is 12.8 Å². The monoisotopic (exact) mass is 271 g/mol. The molecule has 18 heavy (non-hydrogen) atoms. The molecule has 6 heteroatoms. The van der Waals surface area contributed by atoms with Crippen molar-refractivity contribution in [1.29, 1.82) is 0 Å². The predicted octanol–water partition coefficient (Wildman–Crippen LogP) is 1.63. The minimum atomic E-state index is -3.18. The summed E-state index contributed by atoms with van der Waals surface area (Å²) in [5.41, 5.74) is 0.632. The third kappa shape index (κ3) is 2.38. The quantitative estimate of drug-likeness (QED) is 0.838. The Morgan fingerprint density at radius 3 is 2.44 bits per heavy atom. The van der Waals surface area contributed by atoms with Gasteiger partial charge in [0.25, 0.3) is 0 Å². The summed E-state index contributed by atoms with van der Waals surface area (Å²) in [5, 5.41) is 0. The van der Waals surface area contributed by atoms with Crippen molar-refractivity contribution >= 4 is 15.7 Å². The summed E-state index contributed by atoms with van der Waals surface area (Å²) in [5.74, 6) is 1.34. The van der Waals surface area contributed by atoms with Crippen LogP contribution in [-0.2, 0) is 10.0 Å². The van der Waals surface area contributed by atoms with Crippen molar-refractivity contribution in [3.05, 3.63) is 18.2 Å². The van der Waals surface area contributed by atoms with Gasteiger partial charge in [-0.05, 0) is 25.0 Å². The fourth-order valence-corrected chi connectivity index (χ4v) is 3.69. The molecule has 0 atom stereocenters. The highest BCUT2D eigenvalue weighted by Crippen LogP contribution is 2.33. The van der Waals surface area contributed by atoms with Gasteiger partial charge in [0.15, 0.2) is 11.5 Å². The summed E-state index contributed by atoms with van der Waals surface area (Å²) in [6.07, 6.45) is 1.61. The van der Waals surface area contributed by atoms with Crippen molar-refractivity contribution in [3.63, 3.8) is 0 Å². The van der Waals surface area contributed by atoms with Gasteiger partial charge < -0.3 is 9.47 Å². The van der Waals surface area contributed by atoms with E-state index < -0.39 is 10.0 Å². The third-order valence-electron chi connectivity index (χ3n) is 3.00. The van der Waals surface area contributed by atoms with Crippen LogP contribution in [0, 0.1) is 0 Å². The van der Waals surface area contributed by atoms with Crippen LogP contribution in [0.1, 0.15) is 12.8 Å². The molecule has 100 valence electrons. The number of rotatable bonds is 3. The van der Waals surface area contributed by atoms with Gasteiger partial charge in [0.2, 0.25) is 10.0 Å². The van der Waals surface area contributed by atoms with E-state index in [9.17, 15) is 8.42 Å². The fraction of sp³-hybridized carbons (Fsp3) is 0.500. The molecule has 1 aromatic carbocycles. The molecule has 0 saturated carbocycles. The van der Waals surface area contributed by atoms with Gasteiger partial charge in [-0.1, -0.05) is 0 Å². The highest BCUT2D eigenvalue weighted by atomic mass is 32.2. The van der Waals surface area contributed by atoms with Crippen molar-refractivity contribution < 1.29 is 17.9 Å². The third-order valence-corrected chi connectivity index (χ3v) is 4.87. The second-order valence-corrected chi connectivity index (χ2v) is 6.15. The van der Waals surface area contributed by atoms with Gasteiger partial charge in [-0.15, -0.1) is 0 Å². The van der Waals surface area contributed by atoms with Crippen LogP contribution in [0.25, 0.3) is 0 Å². The number of hydrogen-bond acceptors (Lipinski definition) is 4. The van der Waals surface area contributed by atoms with Crippen molar-refractivity contribution in [2.45, 2.75) is 12.8 Å². The Morgan fingerprint density at radius 2 is 1.83 bits per heavy atom. The fourth-order valence-electron chi connectivity index (χ4n) is 2.06. The number of benzene rings is 1. The molecule has 0 bridgehead atoms. The van der Waals surface area contributed by atoms with Gasteiger partial charge in [-0.2, -0.15) is 0 Å². The maximum atomic E-state index is 12.0. The Kier molecular flexibility index (Phi) is 3.65. The van der Waals surface area contributed by atoms with Crippen LogP contribution < -0.4 is 13.8 Å². The van der Waals surface area contributed by atoms with Gasteiger partial charge in [-0.25, -0.2) is 8.42 Å². The normalized spacial score (nSPS) is 18.4. The first-order valence-electron chi connectivity index (χ1n) is 5.81. The first-order chi connectivity index (χ1) is 8.58. The second kappa shape index (κ2) is 5.06. The molecule has 1 heterocycles. The van der Waals surface area contributed by atoms with Crippen LogP contribution in [0.4, 0.5) is 5.69 Å². The van der Waals surface area contributed by atoms with Crippen LogP contribution >= 0.6 is 0 Å². The van der Waals surface area contributed by atoms with E-state index in [2.05, 4.69) is 0 Å². The minimum Gasteiger partial charge on any atom is -0.493 e. The van der Waals surface area contributed by atoms with E-state index in [1.54, 1.807) is 25.3 Å². The molecule has 1 aliphatic rings. The molecule has 5 nitrogen and oxygen atoms in total. The lowest BCUT2D eigenvalue weighted by Gasteiger charge is -2.28. The number of ether oxygens (including phenoxy) is 2. The van der Waals surface area contributed by atoms with Gasteiger partial charge in [0.05, 0.1) is 25.7 Å². The molecule has 0 N–H and O–H groups in total. The molecule has 0 amide bonds. The maximum absolute atomic E-state index is 12.0. The summed E-state index contributed by atoms with van der Waals surface area (Å²) in [7, 11) is -0.0994. The van der Waals surface area contributed by atoms with Crippen LogP contribution in [-0.4, -0.2) is 34.9 Å². The second-order valence-electron chi connectivity index (χ2n) is 4.13. The Hall–Kier alpha value is -1.43. The average Bonchev–Trinajstić information content (AvgIpc) is 2.37. The zero-order chi connectivity index (χ0) is 13.2. The summed E-state index contributed by atoms with van der Waals surface area (Å²) in [6.45, 7) is 0.526. The lowest BCUT2D eigenvalue weighted by molar-refractivity contribution is 0.355. The van der Waals surface area contributed by atoms with Gasteiger partial charge in [-0.3, -0.25) is 4.31 Å². The summed E-state index contributed by atoms with van der Waals surface area (Å²) >= 11 is 0. The van der Waals surface area contributed by atoms with E-state index in [1.165, 1.54) is 11.4 Å². The largest absolute Gasteiger partial charge is 0.493 e. The van der Waals surface area contributed by atoms with Crippen LogP contribution in [0.2, 0.25) is 0 Å². The zero-order valence-corrected chi connectivity index (χ0v) is 11.4. The molecule has 0 aromatic heterocycles. The number of anilines is 1. The van der Waals surface area contributed by atoms with Crippen molar-refractivity contribution in [2.75, 3.05) is 30.8 Å². The standard InChI is InChI=1S/C12H17NO4S/c1-16-11-6-5-10(9-12(11)17-2)13-7-3-4-8-18(13,14)15/h5-6,9H,3-4,7-8H2,1-2H3. The molecule has 0 unspecified atom stereocenters. The predicted molar refractivity (Wildman–Crippen MR) is 69.9 cm³/mol. The lowest BCUT2D eigenvalue weighted by Crippen LogP contribution is -2.37. The number of hydrogen-bond donors (Lipinski definition) is 0. The first-order valence-corrected chi connectivity index (χ1v) is 7.42. The van der Waals surface area contributed by atoms with Crippen LogP contribution in [0.3, 0.4) is 0 Å². The van der Waals surface area contributed by atoms with Crippen molar-refractivity contribution in [1.82, 2.24) is 0 Å². The number of nitrogens with zero attached hydrogens (tertiary/aromatic N) is 1. The van der Waals surface area contributed by atoms with Gasteiger partial charge in [0, 0.05) is 12.6 Å². The summed E-state index contributed by atoms with van der Waals surface area (Å²) < 4.78 is 35.8. The lowest BCUT2D eigenvalue weighted by atomic mass is 10.2. The van der Waals surface area contributed by atoms with Crippen LogP contribution in [0.15, 0.2) is 18.2 Å². The van der Waals surface area contributed by atoms with Gasteiger partial charge in [0.1, 0.15) is 0 Å². The van der Waals surface area contributed by atoms with E-state index in [4.69, 9.17) is 9.47 Å². The Bertz CT molecular complexity index is 527. The van der Waals surface area contributed by atoms with E-state index >= 15 is 0 Å². The minimum absolute atomic E-state index is 0.210. The molecule has 2 rings (SSSR count). The summed E-state index contributed by atoms with van der Waals surface area (Å²) in [4.78, 5) is 0. The van der Waals surface area contributed by atoms with Crippen LogP contribution in [0.5, 0.6) is 11.5 Å². The van der Waals surface area contributed by atoms with E-state index in [0.29, 0.717) is 23.7 Å². The smallest absolute Gasteiger partial charge is 0.235 e. The maximum Gasteiger partial charge on any atom is 0.235 e. The highest BCUT2D eigenvalue weighted by molar-refractivity contribution is 7.92. The topological polar surface area (TPSA) is 55.8 Å². The van der Waals surface area contributed by atoms with Crippen molar-refractivity contribution in [3.8, 4) is 11.5 Å². The molecule has 1 saturated heterocycles. The molecular formula is C12H17NO4S. The molecule has 0 spiro atoms.